The van der Waals surface area contributed by atoms with Crippen molar-refractivity contribution in [1.82, 2.24) is 9.55 Å². The molecular weight excluding hydrogens is 544 g/mol. The van der Waals surface area contributed by atoms with Gasteiger partial charge in [0.1, 0.15) is 0 Å². The van der Waals surface area contributed by atoms with Crippen molar-refractivity contribution in [2.75, 3.05) is 17.3 Å². The second-order valence-corrected chi connectivity index (χ2v) is 8.97. The molecule has 0 atom stereocenters. The van der Waals surface area contributed by atoms with Gasteiger partial charge in [-0.3, -0.25) is 0 Å². The van der Waals surface area contributed by atoms with E-state index in [0.717, 1.165) is 37.9 Å². The standard InChI is InChI=1S/C23H28N6.W/c1-14-9-16(3)19(10-15(14)2)27-23(24-6)25-13-28(7)21-12-20-22(11-17(21)4)29(8)18(5)26-20;/h9-12H,6H2,1-5,7-8H3,(H,25,27);. The van der Waals surface area contributed by atoms with Gasteiger partial charge < -0.3 is 0 Å². The Morgan fingerprint density at radius 3 is 2.37 bits per heavy atom. The van der Waals surface area contributed by atoms with Crippen molar-refractivity contribution in [2.24, 2.45) is 17.0 Å². The number of nitrogens with one attached hydrogen (secondary N) is 1. The van der Waals surface area contributed by atoms with Crippen LogP contribution in [-0.4, -0.2) is 33.4 Å². The van der Waals surface area contributed by atoms with E-state index in [4.69, 9.17) is 4.99 Å². The number of aryl methyl sites for hydroxylation is 6. The molecule has 7 heteroatoms. The monoisotopic (exact) mass is 572 g/mol. The number of rotatable bonds is 4. The van der Waals surface area contributed by atoms with E-state index < -0.39 is 0 Å². The van der Waals surface area contributed by atoms with Crippen LogP contribution in [0.25, 0.3) is 11.0 Å². The van der Waals surface area contributed by atoms with E-state index in [1.807, 2.05) is 21.0 Å². The van der Waals surface area contributed by atoms with E-state index in [9.17, 15) is 0 Å². The number of aliphatic imine (C=N–C) groups is 2. The Balaban J connectivity index is 1.90. The quantitative estimate of drug-likeness (QED) is 0.374. The van der Waals surface area contributed by atoms with Crippen LogP contribution in [0.4, 0.5) is 11.4 Å². The van der Waals surface area contributed by atoms with E-state index in [1.54, 1.807) is 0 Å². The van der Waals surface area contributed by atoms with Crippen molar-refractivity contribution < 1.29 is 19.4 Å². The number of fused-ring (bicyclic) bond motifs is 1. The molecule has 0 saturated carbocycles. The van der Waals surface area contributed by atoms with Crippen LogP contribution in [0.1, 0.15) is 28.1 Å². The molecule has 0 aliphatic carbocycles. The molecule has 0 spiro atoms. The summed E-state index contributed by atoms with van der Waals surface area (Å²) in [4.78, 5) is 15.6. The second kappa shape index (κ2) is 8.64. The van der Waals surface area contributed by atoms with E-state index >= 15 is 0 Å². The molecule has 3 aromatic rings. The number of hydrogen-bond acceptors (Lipinski definition) is 3. The van der Waals surface area contributed by atoms with Crippen LogP contribution in [0, 0.1) is 34.6 Å². The summed E-state index contributed by atoms with van der Waals surface area (Å²) >= 11 is 1.24. The molecular formula is C23H28N6W. The molecule has 6 nitrogen and oxygen atoms in total. The summed E-state index contributed by atoms with van der Waals surface area (Å²) in [5.74, 6) is 1.49. The van der Waals surface area contributed by atoms with Crippen molar-refractivity contribution in [3.63, 3.8) is 0 Å². The molecule has 1 N–H and O–H groups in total. The summed E-state index contributed by atoms with van der Waals surface area (Å²) in [5, 5.41) is 3.33. The number of benzene rings is 2. The van der Waals surface area contributed by atoms with Crippen molar-refractivity contribution in [3.05, 3.63) is 52.3 Å². The molecule has 0 fully saturated rings. The molecule has 1 aromatic heterocycles. The molecule has 0 bridgehead atoms. The number of aromatic nitrogens is 2. The summed E-state index contributed by atoms with van der Waals surface area (Å²) in [7, 11) is 4.07. The summed E-state index contributed by atoms with van der Waals surface area (Å²) < 4.78 is 3.00. The second-order valence-electron chi connectivity index (χ2n) is 7.66. The average molecular weight is 572 g/mol. The first-order valence-corrected chi connectivity index (χ1v) is 11.2. The molecule has 0 radical (unpaired) electrons. The van der Waals surface area contributed by atoms with Gasteiger partial charge in [0.2, 0.25) is 0 Å². The fourth-order valence-corrected chi connectivity index (χ4v) is 4.06. The number of anilines is 2. The Morgan fingerprint density at radius 2 is 1.70 bits per heavy atom. The summed E-state index contributed by atoms with van der Waals surface area (Å²) in [6.07, 6.45) is 0. The number of guanidine groups is 1. The van der Waals surface area contributed by atoms with E-state index in [2.05, 4.69) is 83.4 Å². The number of imidazole rings is 1. The number of hydrogen-bond donors (Lipinski definition) is 1. The van der Waals surface area contributed by atoms with Crippen LogP contribution in [0.15, 0.2) is 34.3 Å². The molecule has 1 heterocycles. The van der Waals surface area contributed by atoms with Crippen molar-refractivity contribution in [3.8, 4) is 0 Å². The normalized spacial score (nSPS) is 11.6. The summed E-state index contributed by atoms with van der Waals surface area (Å²) in [5.41, 5.74) is 9.02. The molecule has 0 amide bonds. The van der Waals surface area contributed by atoms with Crippen LogP contribution in [-0.2, 0) is 26.4 Å². The molecule has 0 aliphatic heterocycles. The SMILES string of the molecule is C=NC(=N[C](=[W])N(C)c1cc2nc(C)n(C)c2cc1C)Nc1cc(C)c(C)cc1C. The first kappa shape index (κ1) is 22.1. The minimum atomic E-state index is 0.491. The summed E-state index contributed by atoms with van der Waals surface area (Å²) in [6.45, 7) is 14.1. The van der Waals surface area contributed by atoms with Crippen LogP contribution in [0.5, 0.6) is 0 Å². The van der Waals surface area contributed by atoms with Crippen molar-refractivity contribution in [2.45, 2.75) is 34.6 Å². The summed E-state index contributed by atoms with van der Waals surface area (Å²) in [6, 6.07) is 8.59. The van der Waals surface area contributed by atoms with Crippen molar-refractivity contribution in [1.29, 1.82) is 0 Å². The topological polar surface area (TPSA) is 57.8 Å². The Bertz CT molecular complexity index is 1190. The Hall–Kier alpha value is -2.59. The minimum absolute atomic E-state index is 0.491. The van der Waals surface area contributed by atoms with Crippen LogP contribution < -0.4 is 10.2 Å². The van der Waals surface area contributed by atoms with E-state index in [0.29, 0.717) is 5.96 Å². The van der Waals surface area contributed by atoms with Gasteiger partial charge in [-0.2, -0.15) is 0 Å². The first-order valence-electron chi connectivity index (χ1n) is 9.74. The zero-order valence-corrected chi connectivity index (χ0v) is 21.6. The van der Waals surface area contributed by atoms with Gasteiger partial charge in [-0.15, -0.1) is 0 Å². The Labute approximate surface area is 189 Å². The third-order valence-electron chi connectivity index (χ3n) is 5.51. The van der Waals surface area contributed by atoms with E-state index in [-0.39, 0.29) is 0 Å². The third-order valence-corrected chi connectivity index (χ3v) is 6.82. The van der Waals surface area contributed by atoms with Gasteiger partial charge in [-0.1, -0.05) is 0 Å². The maximum absolute atomic E-state index is 4.73. The van der Waals surface area contributed by atoms with Gasteiger partial charge in [0.25, 0.3) is 0 Å². The Morgan fingerprint density at radius 1 is 1.03 bits per heavy atom. The van der Waals surface area contributed by atoms with Gasteiger partial charge in [0.05, 0.1) is 0 Å². The van der Waals surface area contributed by atoms with Gasteiger partial charge in [0, 0.05) is 0 Å². The predicted molar refractivity (Wildman–Crippen MR) is 125 cm³/mol. The zero-order valence-electron chi connectivity index (χ0n) is 18.7. The zero-order chi connectivity index (χ0) is 22.2. The Kier molecular flexibility index (Phi) is 6.37. The van der Waals surface area contributed by atoms with Crippen LogP contribution >= 0.6 is 0 Å². The first-order chi connectivity index (χ1) is 14.1. The molecule has 156 valence electrons. The fourth-order valence-electron chi connectivity index (χ4n) is 3.40. The third kappa shape index (κ3) is 4.29. The molecule has 3 rings (SSSR count). The van der Waals surface area contributed by atoms with Crippen LogP contribution in [0.2, 0.25) is 0 Å². The van der Waals surface area contributed by atoms with Gasteiger partial charge in [0.15, 0.2) is 0 Å². The van der Waals surface area contributed by atoms with Crippen molar-refractivity contribution >= 4 is 39.2 Å². The van der Waals surface area contributed by atoms with E-state index in [1.165, 1.54) is 36.0 Å². The van der Waals surface area contributed by atoms with Gasteiger partial charge in [-0.25, -0.2) is 0 Å². The number of nitrogens with zero attached hydrogens (tertiary/aromatic N) is 5. The maximum atomic E-state index is 4.73. The predicted octanol–water partition coefficient (Wildman–Crippen LogP) is 4.35. The molecule has 0 aliphatic rings. The molecule has 0 unspecified atom stereocenters. The van der Waals surface area contributed by atoms with Gasteiger partial charge >= 0.3 is 189 Å². The molecule has 0 saturated heterocycles. The van der Waals surface area contributed by atoms with Crippen LogP contribution in [0.3, 0.4) is 0 Å². The van der Waals surface area contributed by atoms with Gasteiger partial charge in [-0.05, 0) is 0 Å². The molecule has 2 aromatic carbocycles. The fraction of sp³-hybridized carbons (Fsp3) is 0.304. The molecule has 30 heavy (non-hydrogen) atoms. The average Bonchev–Trinajstić information content (AvgIpc) is 2.97.